The van der Waals surface area contributed by atoms with Gasteiger partial charge in [-0.25, -0.2) is 0 Å². The molecule has 1 aliphatic heterocycles. The van der Waals surface area contributed by atoms with Crippen LogP contribution in [-0.2, 0) is 20.9 Å². The molecule has 2 heterocycles. The number of nitrogens with zero attached hydrogens (tertiary/aromatic N) is 3. The van der Waals surface area contributed by atoms with Gasteiger partial charge in [0.25, 0.3) is 5.91 Å². The number of methoxy groups -OCH3 is 1. The molecule has 3 aromatic rings. The Bertz CT molecular complexity index is 1250. The van der Waals surface area contributed by atoms with Crippen molar-refractivity contribution in [3.63, 3.8) is 0 Å². The standard InChI is InChI=1S/C25H25N3O4S/c1-4-26-15-17(20-8-6-7-9-21(20)26)14-22-24(30)28(25(33)27(22)16-23(29)31-3)18-10-12-19(13-11-18)32-5-2/h6-15H,4-5,16H2,1-3H3/b22-14-. The molecule has 7 nitrogen and oxygen atoms in total. The minimum absolute atomic E-state index is 0.160. The summed E-state index contributed by atoms with van der Waals surface area (Å²) >= 11 is 5.63. The summed E-state index contributed by atoms with van der Waals surface area (Å²) in [6.07, 6.45) is 3.80. The van der Waals surface area contributed by atoms with Crippen LogP contribution >= 0.6 is 12.2 Å². The molecule has 0 bridgehead atoms. The first-order chi connectivity index (χ1) is 16.0. The van der Waals surface area contributed by atoms with E-state index >= 15 is 0 Å². The monoisotopic (exact) mass is 463 g/mol. The molecule has 0 atom stereocenters. The van der Waals surface area contributed by atoms with Gasteiger partial charge in [-0.05, 0) is 62.5 Å². The molecule has 33 heavy (non-hydrogen) atoms. The largest absolute Gasteiger partial charge is 0.494 e. The third-order valence-electron chi connectivity index (χ3n) is 5.51. The molecular weight excluding hydrogens is 438 g/mol. The van der Waals surface area contributed by atoms with Crippen LogP contribution in [0.5, 0.6) is 5.75 Å². The number of carbonyl (C=O) groups is 2. The van der Waals surface area contributed by atoms with E-state index in [-0.39, 0.29) is 17.6 Å². The summed E-state index contributed by atoms with van der Waals surface area (Å²) in [5, 5.41) is 1.24. The van der Waals surface area contributed by atoms with E-state index < -0.39 is 5.97 Å². The molecule has 1 fully saturated rings. The Balaban J connectivity index is 1.79. The summed E-state index contributed by atoms with van der Waals surface area (Å²) in [4.78, 5) is 28.7. The summed E-state index contributed by atoms with van der Waals surface area (Å²) in [5.74, 6) is -0.0876. The maximum atomic E-state index is 13.6. The quantitative estimate of drug-likeness (QED) is 0.297. The second kappa shape index (κ2) is 9.46. The third kappa shape index (κ3) is 4.21. The highest BCUT2D eigenvalue weighted by atomic mass is 32.1. The first-order valence-electron chi connectivity index (χ1n) is 10.7. The van der Waals surface area contributed by atoms with Crippen molar-refractivity contribution < 1.29 is 19.1 Å². The van der Waals surface area contributed by atoms with Crippen LogP contribution in [-0.4, -0.2) is 46.7 Å². The molecule has 4 rings (SSSR count). The third-order valence-corrected chi connectivity index (χ3v) is 5.91. The zero-order valence-electron chi connectivity index (χ0n) is 18.8. The number of carbonyl (C=O) groups excluding carboxylic acids is 2. The maximum absolute atomic E-state index is 13.6. The summed E-state index contributed by atoms with van der Waals surface area (Å²) in [6, 6.07) is 15.1. The number of rotatable bonds is 7. The average molecular weight is 464 g/mol. The highest BCUT2D eigenvalue weighted by molar-refractivity contribution is 7.80. The average Bonchev–Trinajstić information content (AvgIpc) is 3.30. The number of thiocarbonyl (C=S) groups is 1. The van der Waals surface area contributed by atoms with E-state index in [4.69, 9.17) is 21.7 Å². The van der Waals surface area contributed by atoms with Gasteiger partial charge in [0.1, 0.15) is 18.0 Å². The van der Waals surface area contributed by atoms with Gasteiger partial charge in [-0.2, -0.15) is 0 Å². The maximum Gasteiger partial charge on any atom is 0.325 e. The lowest BCUT2D eigenvalue weighted by atomic mass is 10.1. The number of hydrogen-bond acceptors (Lipinski definition) is 5. The number of benzene rings is 2. The van der Waals surface area contributed by atoms with E-state index in [0.717, 1.165) is 23.0 Å². The Morgan fingerprint density at radius 3 is 2.48 bits per heavy atom. The van der Waals surface area contributed by atoms with Crippen LogP contribution in [0.2, 0.25) is 0 Å². The predicted molar refractivity (Wildman–Crippen MR) is 132 cm³/mol. The summed E-state index contributed by atoms with van der Waals surface area (Å²) in [7, 11) is 1.31. The molecule has 8 heteroatoms. The molecule has 1 saturated heterocycles. The number of aryl methyl sites for hydroxylation is 1. The minimum atomic E-state index is -0.486. The first kappa shape index (κ1) is 22.5. The molecule has 170 valence electrons. The molecule has 1 amide bonds. The van der Waals surface area contributed by atoms with E-state index in [2.05, 4.69) is 11.5 Å². The Kier molecular flexibility index (Phi) is 6.46. The molecule has 0 N–H and O–H groups in total. The van der Waals surface area contributed by atoms with Gasteiger partial charge in [0.2, 0.25) is 0 Å². The highest BCUT2D eigenvalue weighted by Crippen LogP contribution is 2.32. The lowest BCUT2D eigenvalue weighted by molar-refractivity contribution is -0.140. The molecule has 1 aliphatic rings. The van der Waals surface area contributed by atoms with E-state index in [0.29, 0.717) is 23.7 Å². The van der Waals surface area contributed by atoms with Gasteiger partial charge in [0.05, 0.1) is 19.4 Å². The minimum Gasteiger partial charge on any atom is -0.494 e. The second-order valence-electron chi connectivity index (χ2n) is 7.43. The number of aromatic nitrogens is 1. The molecule has 0 aliphatic carbocycles. The van der Waals surface area contributed by atoms with E-state index in [9.17, 15) is 9.59 Å². The Labute approximate surface area is 197 Å². The molecule has 0 unspecified atom stereocenters. The molecule has 0 saturated carbocycles. The highest BCUT2D eigenvalue weighted by Gasteiger charge is 2.40. The van der Waals surface area contributed by atoms with Crippen molar-refractivity contribution >= 4 is 51.9 Å². The zero-order chi connectivity index (χ0) is 23.5. The fourth-order valence-electron chi connectivity index (χ4n) is 3.91. The lowest BCUT2D eigenvalue weighted by Gasteiger charge is -2.19. The van der Waals surface area contributed by atoms with Gasteiger partial charge < -0.3 is 18.9 Å². The fraction of sp³-hybridized carbons (Fsp3) is 0.240. The number of hydrogen-bond donors (Lipinski definition) is 0. The number of esters is 1. The van der Waals surface area contributed by atoms with Crippen molar-refractivity contribution in [3.05, 3.63) is 66.0 Å². The molecular formula is C25H25N3O4S. The van der Waals surface area contributed by atoms with Crippen molar-refractivity contribution in [2.75, 3.05) is 25.2 Å². The summed E-state index contributed by atoms with van der Waals surface area (Å²) in [6.45, 7) is 5.15. The van der Waals surface area contributed by atoms with Crippen molar-refractivity contribution in [2.45, 2.75) is 20.4 Å². The predicted octanol–water partition coefficient (Wildman–Crippen LogP) is 4.21. The van der Waals surface area contributed by atoms with Crippen LogP contribution in [0.3, 0.4) is 0 Å². The Morgan fingerprint density at radius 2 is 1.82 bits per heavy atom. The van der Waals surface area contributed by atoms with Crippen molar-refractivity contribution in [1.29, 1.82) is 0 Å². The van der Waals surface area contributed by atoms with Crippen LogP contribution in [0.4, 0.5) is 5.69 Å². The molecule has 0 radical (unpaired) electrons. The number of anilines is 1. The van der Waals surface area contributed by atoms with Crippen molar-refractivity contribution in [3.8, 4) is 5.75 Å². The Hall–Kier alpha value is -3.65. The smallest absolute Gasteiger partial charge is 0.325 e. The van der Waals surface area contributed by atoms with Crippen LogP contribution < -0.4 is 9.64 Å². The van der Waals surface area contributed by atoms with Crippen molar-refractivity contribution in [1.82, 2.24) is 9.47 Å². The number of ether oxygens (including phenoxy) is 2. The van der Waals surface area contributed by atoms with Crippen LogP contribution in [0, 0.1) is 0 Å². The zero-order valence-corrected chi connectivity index (χ0v) is 19.6. The van der Waals surface area contributed by atoms with Gasteiger partial charge in [-0.15, -0.1) is 0 Å². The summed E-state index contributed by atoms with van der Waals surface area (Å²) in [5.41, 5.74) is 2.87. The molecule has 0 spiro atoms. The lowest BCUT2D eigenvalue weighted by Crippen LogP contribution is -2.35. The summed E-state index contributed by atoms with van der Waals surface area (Å²) < 4.78 is 12.5. The number of para-hydroxylation sites is 1. The van der Waals surface area contributed by atoms with Gasteiger partial charge in [0.15, 0.2) is 5.11 Å². The van der Waals surface area contributed by atoms with Crippen LogP contribution in [0.1, 0.15) is 19.4 Å². The fourth-order valence-corrected chi connectivity index (χ4v) is 4.26. The topological polar surface area (TPSA) is 64.0 Å². The SMILES string of the molecule is CCOc1ccc(N2C(=O)/C(=C/c3cn(CC)c4ccccc34)N(CC(=O)OC)C2=S)cc1. The van der Waals surface area contributed by atoms with E-state index in [1.807, 2.05) is 37.4 Å². The normalized spacial score (nSPS) is 15.1. The van der Waals surface area contributed by atoms with Gasteiger partial charge in [-0.1, -0.05) is 18.2 Å². The number of fused-ring (bicyclic) bond motifs is 1. The molecule has 1 aromatic heterocycles. The van der Waals surface area contributed by atoms with Gasteiger partial charge >= 0.3 is 5.97 Å². The van der Waals surface area contributed by atoms with E-state index in [1.54, 1.807) is 30.3 Å². The van der Waals surface area contributed by atoms with Crippen molar-refractivity contribution in [2.24, 2.45) is 0 Å². The van der Waals surface area contributed by atoms with Crippen LogP contribution in [0.15, 0.2) is 60.4 Å². The van der Waals surface area contributed by atoms with Gasteiger partial charge in [0, 0.05) is 29.2 Å². The Morgan fingerprint density at radius 1 is 1.09 bits per heavy atom. The number of amides is 1. The first-order valence-corrected chi connectivity index (χ1v) is 11.1. The van der Waals surface area contributed by atoms with Crippen LogP contribution in [0.25, 0.3) is 17.0 Å². The molecule has 2 aromatic carbocycles. The second-order valence-corrected chi connectivity index (χ2v) is 7.79. The van der Waals surface area contributed by atoms with Gasteiger partial charge in [-0.3, -0.25) is 14.5 Å². The van der Waals surface area contributed by atoms with E-state index in [1.165, 1.54) is 16.9 Å².